The highest BCUT2D eigenvalue weighted by atomic mass is 16.4. The minimum Gasteiger partial charge on any atom is -0.446 e. The second-order valence-electron chi connectivity index (χ2n) is 4.50. The first-order chi connectivity index (χ1) is 6.93. The largest absolute Gasteiger partial charge is 0.446 e. The van der Waals surface area contributed by atoms with E-state index in [0.717, 1.165) is 5.76 Å². The van der Waals surface area contributed by atoms with Crippen molar-refractivity contribution in [3.63, 3.8) is 0 Å². The number of carbonyl (C=O) groups excluding carboxylic acids is 1. The zero-order chi connectivity index (χ0) is 11.5. The number of anilines is 1. The number of rotatable bonds is 4. The van der Waals surface area contributed by atoms with Gasteiger partial charge in [0.15, 0.2) is 5.88 Å². The highest BCUT2D eigenvalue weighted by Gasteiger charge is 2.20. The molecule has 0 atom stereocenters. The van der Waals surface area contributed by atoms with Gasteiger partial charge in [-0.25, -0.2) is 0 Å². The molecule has 0 saturated heterocycles. The lowest BCUT2D eigenvalue weighted by molar-refractivity contribution is -0.118. The lowest BCUT2D eigenvalue weighted by Crippen LogP contribution is -2.29. The Bertz CT molecular complexity index is 342. The monoisotopic (exact) mass is 210 g/mol. The van der Waals surface area contributed by atoms with Crippen LogP contribution in [0.3, 0.4) is 0 Å². The fourth-order valence-electron chi connectivity index (χ4n) is 1.19. The molecular weight excluding hydrogens is 192 g/mol. The summed E-state index contributed by atoms with van der Waals surface area (Å²) in [4.78, 5) is 11.6. The summed E-state index contributed by atoms with van der Waals surface area (Å²) in [5.74, 6) is 1.20. The van der Waals surface area contributed by atoms with Gasteiger partial charge < -0.3 is 10.2 Å². The van der Waals surface area contributed by atoms with Crippen LogP contribution in [0.1, 0.15) is 26.0 Å². The summed E-state index contributed by atoms with van der Waals surface area (Å²) < 4.78 is 5.24. The van der Waals surface area contributed by atoms with E-state index in [0.29, 0.717) is 18.8 Å². The summed E-state index contributed by atoms with van der Waals surface area (Å²) in [6.07, 6.45) is 0.392. The molecule has 0 bridgehead atoms. The molecular formula is C11H18N2O2. The first-order valence-electron chi connectivity index (χ1n) is 4.99. The molecule has 15 heavy (non-hydrogen) atoms. The van der Waals surface area contributed by atoms with Gasteiger partial charge in [-0.3, -0.25) is 10.1 Å². The molecule has 4 nitrogen and oxygen atoms in total. The Morgan fingerprint density at radius 3 is 2.67 bits per heavy atom. The number of hydrogen-bond donors (Lipinski definition) is 2. The molecule has 4 heteroatoms. The number of nitrogens with one attached hydrogen (secondary N) is 1. The summed E-state index contributed by atoms with van der Waals surface area (Å²) in [6.45, 7) is 6.23. The number of amides is 1. The van der Waals surface area contributed by atoms with Crippen molar-refractivity contribution >= 4 is 11.8 Å². The molecule has 1 aromatic rings. The molecule has 0 unspecified atom stereocenters. The molecule has 0 spiro atoms. The molecule has 0 radical (unpaired) electrons. The van der Waals surface area contributed by atoms with Gasteiger partial charge in [0.1, 0.15) is 5.76 Å². The van der Waals surface area contributed by atoms with Crippen LogP contribution in [0.15, 0.2) is 16.5 Å². The molecule has 0 saturated carbocycles. The lowest BCUT2D eigenvalue weighted by atomic mass is 9.89. The Kier molecular flexibility index (Phi) is 3.52. The van der Waals surface area contributed by atoms with Crippen LogP contribution in [0, 0.1) is 12.3 Å². The lowest BCUT2D eigenvalue weighted by Gasteiger charge is -2.20. The van der Waals surface area contributed by atoms with Gasteiger partial charge in [0.2, 0.25) is 5.91 Å². The smallest absolute Gasteiger partial charge is 0.227 e. The Balaban J connectivity index is 2.50. The Morgan fingerprint density at radius 2 is 2.20 bits per heavy atom. The van der Waals surface area contributed by atoms with E-state index >= 15 is 0 Å². The van der Waals surface area contributed by atoms with E-state index in [4.69, 9.17) is 10.2 Å². The van der Waals surface area contributed by atoms with Crippen molar-refractivity contribution in [2.75, 3.05) is 11.9 Å². The first-order valence-corrected chi connectivity index (χ1v) is 4.99. The molecule has 1 rings (SSSR count). The number of aryl methyl sites for hydroxylation is 1. The molecule has 1 heterocycles. The van der Waals surface area contributed by atoms with Crippen molar-refractivity contribution in [3.05, 3.63) is 17.9 Å². The molecule has 3 N–H and O–H groups in total. The molecule has 0 aliphatic heterocycles. The average Bonchev–Trinajstić information content (AvgIpc) is 2.50. The highest BCUT2D eigenvalue weighted by Crippen LogP contribution is 2.20. The fourth-order valence-corrected chi connectivity index (χ4v) is 1.19. The Morgan fingerprint density at radius 1 is 1.53 bits per heavy atom. The molecule has 0 aromatic carbocycles. The normalized spacial score (nSPS) is 11.5. The number of hydrogen-bond acceptors (Lipinski definition) is 3. The van der Waals surface area contributed by atoms with Crippen LogP contribution in [-0.4, -0.2) is 12.5 Å². The van der Waals surface area contributed by atoms with Crippen LogP contribution in [-0.2, 0) is 4.79 Å². The van der Waals surface area contributed by atoms with E-state index in [1.807, 2.05) is 26.8 Å². The topological polar surface area (TPSA) is 68.3 Å². The van der Waals surface area contributed by atoms with Gasteiger partial charge in [-0.15, -0.1) is 0 Å². The fraction of sp³-hybridized carbons (Fsp3) is 0.545. The van der Waals surface area contributed by atoms with E-state index in [1.165, 1.54) is 0 Å². The summed E-state index contributed by atoms with van der Waals surface area (Å²) in [5, 5.41) is 2.69. The van der Waals surface area contributed by atoms with E-state index in [-0.39, 0.29) is 11.3 Å². The maximum absolute atomic E-state index is 11.6. The predicted molar refractivity (Wildman–Crippen MR) is 59.5 cm³/mol. The maximum atomic E-state index is 11.6. The van der Waals surface area contributed by atoms with Crippen molar-refractivity contribution in [3.8, 4) is 0 Å². The van der Waals surface area contributed by atoms with Crippen molar-refractivity contribution < 1.29 is 9.21 Å². The molecule has 1 amide bonds. The van der Waals surface area contributed by atoms with Crippen molar-refractivity contribution in [2.45, 2.75) is 27.2 Å². The van der Waals surface area contributed by atoms with Gasteiger partial charge >= 0.3 is 0 Å². The van der Waals surface area contributed by atoms with Crippen LogP contribution in [0.5, 0.6) is 0 Å². The van der Waals surface area contributed by atoms with E-state index in [9.17, 15) is 4.79 Å². The SMILES string of the molecule is Cc1ccc(NC(=O)CC(C)(C)CN)o1. The van der Waals surface area contributed by atoms with Crippen molar-refractivity contribution in [1.29, 1.82) is 0 Å². The summed E-state index contributed by atoms with van der Waals surface area (Å²) in [5.41, 5.74) is 5.37. The molecule has 0 fully saturated rings. The number of nitrogens with two attached hydrogens (primary N) is 1. The van der Waals surface area contributed by atoms with Crippen LogP contribution in [0.25, 0.3) is 0 Å². The van der Waals surface area contributed by atoms with Crippen molar-refractivity contribution in [1.82, 2.24) is 0 Å². The molecule has 84 valence electrons. The minimum absolute atomic E-state index is 0.0696. The molecule has 1 aromatic heterocycles. The van der Waals surface area contributed by atoms with Gasteiger partial charge in [0, 0.05) is 12.5 Å². The number of furan rings is 1. The Labute approximate surface area is 89.8 Å². The molecule has 0 aliphatic carbocycles. The predicted octanol–water partition coefficient (Wildman–Crippen LogP) is 1.90. The third-order valence-electron chi connectivity index (χ3n) is 2.19. The number of carbonyl (C=O) groups is 1. The summed E-state index contributed by atoms with van der Waals surface area (Å²) in [6, 6.07) is 3.55. The third kappa shape index (κ3) is 3.75. The van der Waals surface area contributed by atoms with Crippen LogP contribution in [0.4, 0.5) is 5.88 Å². The quantitative estimate of drug-likeness (QED) is 0.797. The zero-order valence-corrected chi connectivity index (χ0v) is 9.46. The zero-order valence-electron chi connectivity index (χ0n) is 9.46. The third-order valence-corrected chi connectivity index (χ3v) is 2.19. The average molecular weight is 210 g/mol. The van der Waals surface area contributed by atoms with E-state index in [1.54, 1.807) is 6.07 Å². The summed E-state index contributed by atoms with van der Waals surface area (Å²) >= 11 is 0. The van der Waals surface area contributed by atoms with Crippen molar-refractivity contribution in [2.24, 2.45) is 11.1 Å². The van der Waals surface area contributed by atoms with Gasteiger partial charge in [0.05, 0.1) is 0 Å². The van der Waals surface area contributed by atoms with Gasteiger partial charge in [-0.05, 0) is 24.9 Å². The standard InChI is InChI=1S/C11H18N2O2/c1-8-4-5-10(15-8)13-9(14)6-11(2,3)7-12/h4-5H,6-7,12H2,1-3H3,(H,13,14). The second kappa shape index (κ2) is 4.49. The first kappa shape index (κ1) is 11.8. The highest BCUT2D eigenvalue weighted by molar-refractivity contribution is 5.89. The van der Waals surface area contributed by atoms with Gasteiger partial charge in [-0.1, -0.05) is 13.8 Å². The Hall–Kier alpha value is -1.29. The van der Waals surface area contributed by atoms with Gasteiger partial charge in [0.25, 0.3) is 0 Å². The van der Waals surface area contributed by atoms with E-state index in [2.05, 4.69) is 5.32 Å². The summed E-state index contributed by atoms with van der Waals surface area (Å²) in [7, 11) is 0. The maximum Gasteiger partial charge on any atom is 0.227 e. The second-order valence-corrected chi connectivity index (χ2v) is 4.50. The van der Waals surface area contributed by atoms with Gasteiger partial charge in [-0.2, -0.15) is 0 Å². The van der Waals surface area contributed by atoms with E-state index < -0.39 is 0 Å². The van der Waals surface area contributed by atoms with Crippen LogP contribution in [0.2, 0.25) is 0 Å². The van der Waals surface area contributed by atoms with Crippen LogP contribution >= 0.6 is 0 Å². The van der Waals surface area contributed by atoms with Crippen LogP contribution < -0.4 is 11.1 Å². The minimum atomic E-state index is -0.175. The molecule has 0 aliphatic rings.